The van der Waals surface area contributed by atoms with Crippen molar-refractivity contribution in [2.45, 2.75) is 6.92 Å². The van der Waals surface area contributed by atoms with Crippen molar-refractivity contribution >= 4 is 61.7 Å². The van der Waals surface area contributed by atoms with Gasteiger partial charge in [0, 0.05) is 18.0 Å². The molecule has 3 rings (SSSR count). The molecule has 7 heteroatoms. The van der Waals surface area contributed by atoms with Crippen LogP contribution in [0.5, 0.6) is 0 Å². The summed E-state index contributed by atoms with van der Waals surface area (Å²) in [6.07, 6.45) is 0. The molecule has 0 radical (unpaired) electrons. The second-order valence-corrected chi connectivity index (χ2v) is 6.36. The maximum Gasteiger partial charge on any atom is 0.291 e. The zero-order valence-corrected chi connectivity index (χ0v) is 14.9. The van der Waals surface area contributed by atoms with Gasteiger partial charge in [0.25, 0.3) is 5.91 Å². The molecule has 1 heterocycles. The van der Waals surface area contributed by atoms with Crippen molar-refractivity contribution in [3.8, 4) is 0 Å². The normalized spacial score (nSPS) is 10.6. The summed E-state index contributed by atoms with van der Waals surface area (Å²) in [4.78, 5) is 23.4. The molecule has 24 heavy (non-hydrogen) atoms. The highest BCUT2D eigenvalue weighted by Gasteiger charge is 2.15. The molecule has 0 atom stereocenters. The van der Waals surface area contributed by atoms with Crippen LogP contribution >= 0.6 is 27.5 Å². The second-order valence-electron chi connectivity index (χ2n) is 5.10. The number of hydrogen-bond acceptors (Lipinski definition) is 3. The Morgan fingerprint density at radius 2 is 1.92 bits per heavy atom. The monoisotopic (exact) mass is 406 g/mol. The van der Waals surface area contributed by atoms with Gasteiger partial charge in [0.1, 0.15) is 5.58 Å². The fraction of sp³-hybridized carbons (Fsp3) is 0.0588. The van der Waals surface area contributed by atoms with E-state index in [-0.39, 0.29) is 11.7 Å². The van der Waals surface area contributed by atoms with Crippen molar-refractivity contribution in [2.24, 2.45) is 0 Å². The van der Waals surface area contributed by atoms with Crippen molar-refractivity contribution in [3.05, 3.63) is 57.7 Å². The number of halogens is 2. The summed E-state index contributed by atoms with van der Waals surface area (Å²) < 4.78 is 6.36. The van der Waals surface area contributed by atoms with Crippen LogP contribution < -0.4 is 10.6 Å². The number of fused-ring (bicyclic) bond motifs is 1. The number of furan rings is 1. The minimum absolute atomic E-state index is 0.180. The molecule has 0 aliphatic heterocycles. The second kappa shape index (κ2) is 6.67. The SMILES string of the molecule is CC(=O)Nc1ccc(NC(=O)c2cc3cccc(Br)c3o2)c(Cl)c1. The summed E-state index contributed by atoms with van der Waals surface area (Å²) in [5, 5.41) is 6.45. The third-order valence-corrected chi connectivity index (χ3v) is 4.19. The average Bonchev–Trinajstić information content (AvgIpc) is 2.95. The molecule has 5 nitrogen and oxygen atoms in total. The van der Waals surface area contributed by atoms with Crippen LogP contribution in [0.15, 0.2) is 51.4 Å². The molecule has 2 aromatic carbocycles. The summed E-state index contributed by atoms with van der Waals surface area (Å²) in [7, 11) is 0. The van der Waals surface area contributed by atoms with Gasteiger partial charge in [-0.2, -0.15) is 0 Å². The molecule has 0 unspecified atom stereocenters. The van der Waals surface area contributed by atoms with E-state index in [1.54, 1.807) is 24.3 Å². The van der Waals surface area contributed by atoms with E-state index in [0.717, 1.165) is 9.86 Å². The number of hydrogen-bond donors (Lipinski definition) is 2. The first-order valence-electron chi connectivity index (χ1n) is 7.00. The molecule has 2 N–H and O–H groups in total. The lowest BCUT2D eigenvalue weighted by atomic mass is 10.2. The number of amides is 2. The Morgan fingerprint density at radius 1 is 1.12 bits per heavy atom. The van der Waals surface area contributed by atoms with Gasteiger partial charge in [-0.25, -0.2) is 0 Å². The van der Waals surface area contributed by atoms with Gasteiger partial charge < -0.3 is 15.1 Å². The van der Waals surface area contributed by atoms with E-state index >= 15 is 0 Å². The lowest BCUT2D eigenvalue weighted by Gasteiger charge is -2.08. The van der Waals surface area contributed by atoms with Crippen LogP contribution in [0.4, 0.5) is 11.4 Å². The molecular formula is C17H12BrClN2O3. The molecule has 0 fully saturated rings. The Hall–Kier alpha value is -2.31. The van der Waals surface area contributed by atoms with E-state index in [0.29, 0.717) is 22.0 Å². The number of nitrogens with one attached hydrogen (secondary N) is 2. The van der Waals surface area contributed by atoms with Crippen molar-refractivity contribution in [1.82, 2.24) is 0 Å². The number of benzene rings is 2. The lowest BCUT2D eigenvalue weighted by Crippen LogP contribution is -2.11. The highest BCUT2D eigenvalue weighted by molar-refractivity contribution is 9.10. The first-order chi connectivity index (χ1) is 11.4. The van der Waals surface area contributed by atoms with Gasteiger partial charge in [-0.3, -0.25) is 9.59 Å². The molecular weight excluding hydrogens is 396 g/mol. The third-order valence-electron chi connectivity index (χ3n) is 3.26. The van der Waals surface area contributed by atoms with E-state index in [9.17, 15) is 9.59 Å². The van der Waals surface area contributed by atoms with Crippen molar-refractivity contribution in [2.75, 3.05) is 10.6 Å². The van der Waals surface area contributed by atoms with Crippen LogP contribution in [0.3, 0.4) is 0 Å². The highest BCUT2D eigenvalue weighted by atomic mass is 79.9. The molecule has 0 bridgehead atoms. The van der Waals surface area contributed by atoms with Crippen molar-refractivity contribution in [1.29, 1.82) is 0 Å². The van der Waals surface area contributed by atoms with E-state index in [4.69, 9.17) is 16.0 Å². The fourth-order valence-electron chi connectivity index (χ4n) is 2.22. The Labute approximate surface area is 151 Å². The summed E-state index contributed by atoms with van der Waals surface area (Å²) in [6, 6.07) is 12.0. The Bertz CT molecular complexity index is 952. The first-order valence-corrected chi connectivity index (χ1v) is 8.17. The maximum absolute atomic E-state index is 12.4. The standard InChI is InChI=1S/C17H12BrClN2O3/c1-9(22)20-11-5-6-14(13(19)8-11)21-17(23)15-7-10-3-2-4-12(18)16(10)24-15/h2-8H,1H3,(H,20,22)(H,21,23). The average molecular weight is 408 g/mol. The molecule has 0 aliphatic carbocycles. The summed E-state index contributed by atoms with van der Waals surface area (Å²) in [5.74, 6) is -0.429. The van der Waals surface area contributed by atoms with Crippen LogP contribution in [0.25, 0.3) is 11.0 Å². The predicted octanol–water partition coefficient (Wildman–Crippen LogP) is 5.06. The van der Waals surface area contributed by atoms with Crippen LogP contribution in [-0.2, 0) is 4.79 Å². The molecule has 3 aromatic rings. The lowest BCUT2D eigenvalue weighted by molar-refractivity contribution is -0.114. The smallest absolute Gasteiger partial charge is 0.291 e. The molecule has 1 aromatic heterocycles. The molecule has 0 spiro atoms. The molecule has 2 amide bonds. The van der Waals surface area contributed by atoms with E-state index in [1.807, 2.05) is 18.2 Å². The van der Waals surface area contributed by atoms with Crippen molar-refractivity contribution < 1.29 is 14.0 Å². The zero-order valence-electron chi connectivity index (χ0n) is 12.5. The summed E-state index contributed by atoms with van der Waals surface area (Å²) in [5.41, 5.74) is 1.59. The van der Waals surface area contributed by atoms with Crippen LogP contribution in [0.1, 0.15) is 17.5 Å². The van der Waals surface area contributed by atoms with E-state index in [2.05, 4.69) is 26.6 Å². The fourth-order valence-corrected chi connectivity index (χ4v) is 2.91. The topological polar surface area (TPSA) is 71.3 Å². The predicted molar refractivity (Wildman–Crippen MR) is 97.6 cm³/mol. The molecule has 0 saturated heterocycles. The third kappa shape index (κ3) is 3.44. The van der Waals surface area contributed by atoms with Gasteiger partial charge in [-0.05, 0) is 46.3 Å². The maximum atomic E-state index is 12.4. The number of rotatable bonds is 3. The molecule has 0 aliphatic rings. The van der Waals surface area contributed by atoms with Crippen molar-refractivity contribution in [3.63, 3.8) is 0 Å². The van der Waals surface area contributed by atoms with Crippen LogP contribution in [0.2, 0.25) is 5.02 Å². The van der Waals surface area contributed by atoms with Crippen LogP contribution in [-0.4, -0.2) is 11.8 Å². The van der Waals surface area contributed by atoms with Gasteiger partial charge in [-0.1, -0.05) is 23.7 Å². The number of anilines is 2. The van der Waals surface area contributed by atoms with Gasteiger partial charge in [0.15, 0.2) is 5.76 Å². The minimum atomic E-state index is -0.410. The number of para-hydroxylation sites is 1. The minimum Gasteiger partial charge on any atom is -0.450 e. The quantitative estimate of drug-likeness (QED) is 0.637. The largest absolute Gasteiger partial charge is 0.450 e. The van der Waals surface area contributed by atoms with E-state index < -0.39 is 5.91 Å². The number of carbonyl (C=O) groups is 2. The van der Waals surface area contributed by atoms with Gasteiger partial charge in [0.2, 0.25) is 5.91 Å². The van der Waals surface area contributed by atoms with Gasteiger partial charge >= 0.3 is 0 Å². The highest BCUT2D eigenvalue weighted by Crippen LogP contribution is 2.29. The Balaban J connectivity index is 1.83. The Morgan fingerprint density at radius 3 is 2.58 bits per heavy atom. The molecule has 122 valence electrons. The Kier molecular flexibility index (Phi) is 4.59. The van der Waals surface area contributed by atoms with Crippen LogP contribution in [0, 0.1) is 0 Å². The van der Waals surface area contributed by atoms with Gasteiger partial charge in [0.05, 0.1) is 15.2 Å². The van der Waals surface area contributed by atoms with E-state index in [1.165, 1.54) is 6.92 Å². The van der Waals surface area contributed by atoms with Gasteiger partial charge in [-0.15, -0.1) is 0 Å². The zero-order chi connectivity index (χ0) is 17.3. The molecule has 0 saturated carbocycles. The first kappa shape index (κ1) is 16.5. The summed E-state index contributed by atoms with van der Waals surface area (Å²) >= 11 is 9.53. The number of carbonyl (C=O) groups excluding carboxylic acids is 2. The summed E-state index contributed by atoms with van der Waals surface area (Å²) in [6.45, 7) is 1.41.